The topological polar surface area (TPSA) is 0 Å². The summed E-state index contributed by atoms with van der Waals surface area (Å²) in [6.45, 7) is 0. The van der Waals surface area contributed by atoms with Crippen LogP contribution in [-0.4, -0.2) is 5.88 Å². The third kappa shape index (κ3) is 3.65. The zero-order valence-corrected chi connectivity index (χ0v) is 12.0. The highest BCUT2D eigenvalue weighted by Crippen LogP contribution is 2.24. The zero-order chi connectivity index (χ0) is 13.0. The standard InChI is InChI=1S/C15H13Cl3/c16-10-13(12-3-7-15(18)8-4-12)9-11-1-5-14(17)6-2-11/h1-8,13H,9-10H2. The summed E-state index contributed by atoms with van der Waals surface area (Å²) in [6, 6.07) is 15.8. The van der Waals surface area contributed by atoms with Crippen molar-refractivity contribution in [1.29, 1.82) is 0 Å². The summed E-state index contributed by atoms with van der Waals surface area (Å²) in [5, 5.41) is 1.51. The molecule has 0 aliphatic carbocycles. The SMILES string of the molecule is ClCC(Cc1ccc(Cl)cc1)c1ccc(Cl)cc1. The molecule has 0 nitrogen and oxygen atoms in total. The lowest BCUT2D eigenvalue weighted by atomic mass is 9.94. The maximum atomic E-state index is 6.06. The lowest BCUT2D eigenvalue weighted by Gasteiger charge is -2.14. The maximum Gasteiger partial charge on any atom is 0.0406 e. The molecule has 0 fully saturated rings. The zero-order valence-electron chi connectivity index (χ0n) is 9.74. The van der Waals surface area contributed by atoms with Gasteiger partial charge in [-0.25, -0.2) is 0 Å². The number of benzene rings is 2. The van der Waals surface area contributed by atoms with Crippen molar-refractivity contribution in [3.8, 4) is 0 Å². The van der Waals surface area contributed by atoms with Gasteiger partial charge in [-0.15, -0.1) is 11.6 Å². The van der Waals surface area contributed by atoms with Crippen LogP contribution in [0.2, 0.25) is 10.0 Å². The first-order valence-electron chi connectivity index (χ1n) is 5.75. The molecule has 2 aromatic carbocycles. The minimum Gasteiger partial charge on any atom is -0.126 e. The predicted octanol–water partition coefficient (Wildman–Crippen LogP) is 5.56. The van der Waals surface area contributed by atoms with Crippen molar-refractivity contribution < 1.29 is 0 Å². The van der Waals surface area contributed by atoms with Crippen molar-refractivity contribution in [3.63, 3.8) is 0 Å². The molecule has 18 heavy (non-hydrogen) atoms. The van der Waals surface area contributed by atoms with E-state index in [1.54, 1.807) is 0 Å². The van der Waals surface area contributed by atoms with Crippen LogP contribution < -0.4 is 0 Å². The van der Waals surface area contributed by atoms with E-state index in [2.05, 4.69) is 0 Å². The highest BCUT2D eigenvalue weighted by atomic mass is 35.5. The Kier molecular flexibility index (Phi) is 4.94. The van der Waals surface area contributed by atoms with Crippen molar-refractivity contribution in [2.75, 3.05) is 5.88 Å². The van der Waals surface area contributed by atoms with E-state index in [0.29, 0.717) is 11.8 Å². The first kappa shape index (κ1) is 13.7. The van der Waals surface area contributed by atoms with Gasteiger partial charge in [-0.3, -0.25) is 0 Å². The molecule has 0 aliphatic heterocycles. The number of hydrogen-bond acceptors (Lipinski definition) is 0. The van der Waals surface area contributed by atoms with Crippen LogP contribution in [0, 0.1) is 0 Å². The fourth-order valence-electron chi connectivity index (χ4n) is 1.90. The van der Waals surface area contributed by atoms with Crippen molar-refractivity contribution in [1.82, 2.24) is 0 Å². The first-order valence-corrected chi connectivity index (χ1v) is 7.04. The van der Waals surface area contributed by atoms with Crippen LogP contribution in [0.1, 0.15) is 17.0 Å². The Bertz CT molecular complexity index is 488. The lowest BCUT2D eigenvalue weighted by molar-refractivity contribution is 0.766. The van der Waals surface area contributed by atoms with Gasteiger partial charge in [0.1, 0.15) is 0 Å². The number of halogens is 3. The molecule has 0 aliphatic rings. The Morgan fingerprint density at radius 2 is 1.28 bits per heavy atom. The second kappa shape index (κ2) is 6.47. The van der Waals surface area contributed by atoms with Crippen LogP contribution in [0.3, 0.4) is 0 Å². The van der Waals surface area contributed by atoms with Gasteiger partial charge in [-0.05, 0) is 41.8 Å². The monoisotopic (exact) mass is 298 g/mol. The molecule has 2 rings (SSSR count). The molecule has 1 unspecified atom stereocenters. The molecule has 0 saturated carbocycles. The van der Waals surface area contributed by atoms with E-state index >= 15 is 0 Å². The minimum absolute atomic E-state index is 0.296. The fourth-order valence-corrected chi connectivity index (χ4v) is 2.44. The highest BCUT2D eigenvalue weighted by molar-refractivity contribution is 6.30. The molecular weight excluding hydrogens is 287 g/mol. The summed E-state index contributed by atoms with van der Waals surface area (Å²) in [5.41, 5.74) is 2.45. The molecule has 0 aromatic heterocycles. The first-order chi connectivity index (χ1) is 8.69. The van der Waals surface area contributed by atoms with Gasteiger partial charge in [0.05, 0.1) is 0 Å². The quantitative estimate of drug-likeness (QED) is 0.648. The van der Waals surface area contributed by atoms with E-state index < -0.39 is 0 Å². The van der Waals surface area contributed by atoms with Gasteiger partial charge < -0.3 is 0 Å². The van der Waals surface area contributed by atoms with Crippen molar-refractivity contribution in [3.05, 3.63) is 69.7 Å². The van der Waals surface area contributed by atoms with Crippen LogP contribution in [0.4, 0.5) is 0 Å². The van der Waals surface area contributed by atoms with E-state index in [9.17, 15) is 0 Å². The van der Waals surface area contributed by atoms with E-state index in [1.807, 2.05) is 48.5 Å². The van der Waals surface area contributed by atoms with Gasteiger partial charge in [0.25, 0.3) is 0 Å². The lowest BCUT2D eigenvalue weighted by Crippen LogP contribution is -2.04. The van der Waals surface area contributed by atoms with Gasteiger partial charge in [0, 0.05) is 21.8 Å². The van der Waals surface area contributed by atoms with Crippen LogP contribution in [0.5, 0.6) is 0 Å². The summed E-state index contributed by atoms with van der Waals surface area (Å²) >= 11 is 17.8. The number of alkyl halides is 1. The largest absolute Gasteiger partial charge is 0.126 e. The van der Waals surface area contributed by atoms with E-state index in [4.69, 9.17) is 34.8 Å². The molecule has 0 saturated heterocycles. The predicted molar refractivity (Wildman–Crippen MR) is 80.1 cm³/mol. The Labute approximate surface area is 122 Å². The normalized spacial score (nSPS) is 12.4. The van der Waals surface area contributed by atoms with Crippen LogP contribution >= 0.6 is 34.8 Å². The Hall–Kier alpha value is -0.690. The maximum absolute atomic E-state index is 6.06. The van der Waals surface area contributed by atoms with Crippen LogP contribution in [0.15, 0.2) is 48.5 Å². The molecule has 0 heterocycles. The summed E-state index contributed by atoms with van der Waals surface area (Å²) in [4.78, 5) is 0. The Balaban J connectivity index is 2.14. The van der Waals surface area contributed by atoms with Gasteiger partial charge >= 0.3 is 0 Å². The second-order valence-corrected chi connectivity index (χ2v) is 5.41. The van der Waals surface area contributed by atoms with Crippen LogP contribution in [-0.2, 0) is 6.42 Å². The second-order valence-electron chi connectivity index (χ2n) is 4.23. The van der Waals surface area contributed by atoms with E-state index in [1.165, 1.54) is 11.1 Å². The van der Waals surface area contributed by atoms with Crippen molar-refractivity contribution in [2.45, 2.75) is 12.3 Å². The van der Waals surface area contributed by atoms with Crippen LogP contribution in [0.25, 0.3) is 0 Å². The molecule has 3 heteroatoms. The molecule has 0 radical (unpaired) electrons. The Morgan fingerprint density at radius 1 is 0.778 bits per heavy atom. The Morgan fingerprint density at radius 3 is 1.78 bits per heavy atom. The molecule has 2 aromatic rings. The fraction of sp³-hybridized carbons (Fsp3) is 0.200. The van der Waals surface area contributed by atoms with Gasteiger partial charge in [-0.2, -0.15) is 0 Å². The van der Waals surface area contributed by atoms with Crippen molar-refractivity contribution >= 4 is 34.8 Å². The van der Waals surface area contributed by atoms with E-state index in [0.717, 1.165) is 16.5 Å². The molecule has 0 amide bonds. The molecule has 0 spiro atoms. The molecule has 94 valence electrons. The van der Waals surface area contributed by atoms with Gasteiger partial charge in [0.2, 0.25) is 0 Å². The third-order valence-corrected chi connectivity index (χ3v) is 3.80. The smallest absolute Gasteiger partial charge is 0.0406 e. The number of hydrogen-bond donors (Lipinski definition) is 0. The summed E-state index contributed by atoms with van der Waals surface area (Å²) < 4.78 is 0. The summed E-state index contributed by atoms with van der Waals surface area (Å²) in [6.07, 6.45) is 0.905. The molecule has 0 N–H and O–H groups in total. The van der Waals surface area contributed by atoms with Gasteiger partial charge in [-0.1, -0.05) is 47.5 Å². The molecule has 0 bridgehead atoms. The van der Waals surface area contributed by atoms with Crippen molar-refractivity contribution in [2.24, 2.45) is 0 Å². The average molecular weight is 300 g/mol. The minimum atomic E-state index is 0.296. The van der Waals surface area contributed by atoms with E-state index in [-0.39, 0.29) is 0 Å². The summed E-state index contributed by atoms with van der Waals surface area (Å²) in [7, 11) is 0. The highest BCUT2D eigenvalue weighted by Gasteiger charge is 2.11. The third-order valence-electron chi connectivity index (χ3n) is 2.92. The summed E-state index contributed by atoms with van der Waals surface area (Å²) in [5.74, 6) is 0.884. The van der Waals surface area contributed by atoms with Gasteiger partial charge in [0.15, 0.2) is 0 Å². The molecular formula is C15H13Cl3. The average Bonchev–Trinajstić information content (AvgIpc) is 2.39. The number of rotatable bonds is 4. The molecule has 1 atom stereocenters.